The maximum absolute atomic E-state index is 12.7. The fourth-order valence-electron chi connectivity index (χ4n) is 3.90. The van der Waals surface area contributed by atoms with E-state index >= 15 is 0 Å². The van der Waals surface area contributed by atoms with Gasteiger partial charge in [-0.15, -0.1) is 0 Å². The second-order valence-electron chi connectivity index (χ2n) is 8.85. The number of carbonyl (C=O) groups is 3. The number of urea groups is 2. The number of hydrogen-bond acceptors (Lipinski definition) is 4. The SMILES string of the molecule is CCNC(=O)N(CC(=O)Nc1ccc(N2CCN(C(=O)NC(C)C)CC2)cc1)Cc1ccccc1. The van der Waals surface area contributed by atoms with Crippen LogP contribution in [0.25, 0.3) is 0 Å². The van der Waals surface area contributed by atoms with Crippen LogP contribution in [0.2, 0.25) is 0 Å². The zero-order valence-electron chi connectivity index (χ0n) is 20.8. The van der Waals surface area contributed by atoms with Gasteiger partial charge in [0.1, 0.15) is 6.54 Å². The molecule has 0 unspecified atom stereocenters. The molecule has 0 saturated carbocycles. The average molecular weight is 481 g/mol. The predicted octanol–water partition coefficient (Wildman–Crippen LogP) is 3.10. The lowest BCUT2D eigenvalue weighted by Gasteiger charge is -2.36. The van der Waals surface area contributed by atoms with Crippen molar-refractivity contribution in [2.75, 3.05) is 49.5 Å². The summed E-state index contributed by atoms with van der Waals surface area (Å²) in [4.78, 5) is 42.9. The molecule has 0 spiro atoms. The Hall–Kier alpha value is -3.75. The first kappa shape index (κ1) is 25.9. The molecular formula is C26H36N6O3. The first-order valence-electron chi connectivity index (χ1n) is 12.1. The molecule has 0 bridgehead atoms. The molecule has 35 heavy (non-hydrogen) atoms. The van der Waals surface area contributed by atoms with Crippen molar-refractivity contribution in [1.82, 2.24) is 20.4 Å². The molecule has 1 aliphatic rings. The Balaban J connectivity index is 1.53. The van der Waals surface area contributed by atoms with Crippen LogP contribution in [0.5, 0.6) is 0 Å². The summed E-state index contributed by atoms with van der Waals surface area (Å²) in [6.45, 7) is 9.36. The quantitative estimate of drug-likeness (QED) is 0.541. The minimum atomic E-state index is -0.275. The van der Waals surface area contributed by atoms with Gasteiger partial charge in [0.2, 0.25) is 5.91 Å². The first-order valence-corrected chi connectivity index (χ1v) is 12.1. The molecule has 3 N–H and O–H groups in total. The van der Waals surface area contributed by atoms with Crippen molar-refractivity contribution in [2.45, 2.75) is 33.4 Å². The van der Waals surface area contributed by atoms with Gasteiger partial charge in [0.05, 0.1) is 0 Å². The van der Waals surface area contributed by atoms with Crippen molar-refractivity contribution in [1.29, 1.82) is 0 Å². The second-order valence-corrected chi connectivity index (χ2v) is 8.85. The van der Waals surface area contributed by atoms with E-state index in [0.29, 0.717) is 31.9 Å². The van der Waals surface area contributed by atoms with Gasteiger partial charge >= 0.3 is 12.1 Å². The Morgan fingerprint density at radius 2 is 1.60 bits per heavy atom. The number of piperazine rings is 1. The number of benzene rings is 2. The number of amides is 5. The van der Waals surface area contributed by atoms with E-state index in [1.54, 1.807) is 0 Å². The average Bonchev–Trinajstić information content (AvgIpc) is 2.84. The molecule has 9 nitrogen and oxygen atoms in total. The van der Waals surface area contributed by atoms with E-state index in [2.05, 4.69) is 20.9 Å². The molecule has 0 atom stereocenters. The molecule has 1 aliphatic heterocycles. The summed E-state index contributed by atoms with van der Waals surface area (Å²) < 4.78 is 0. The van der Waals surface area contributed by atoms with E-state index in [9.17, 15) is 14.4 Å². The van der Waals surface area contributed by atoms with Crippen molar-refractivity contribution >= 4 is 29.3 Å². The van der Waals surface area contributed by atoms with Crippen LogP contribution in [-0.4, -0.2) is 73.1 Å². The lowest BCUT2D eigenvalue weighted by molar-refractivity contribution is -0.116. The first-order chi connectivity index (χ1) is 16.9. The highest BCUT2D eigenvalue weighted by Crippen LogP contribution is 2.20. The Morgan fingerprint density at radius 3 is 2.20 bits per heavy atom. The fourth-order valence-corrected chi connectivity index (χ4v) is 3.90. The Kier molecular flexibility index (Phi) is 9.34. The van der Waals surface area contributed by atoms with Gasteiger partial charge in [0.15, 0.2) is 0 Å². The molecule has 1 fully saturated rings. The van der Waals surface area contributed by atoms with Gasteiger partial charge in [0, 0.05) is 56.7 Å². The van der Waals surface area contributed by atoms with Gasteiger partial charge in [-0.05, 0) is 50.6 Å². The van der Waals surface area contributed by atoms with Crippen molar-refractivity contribution in [2.24, 2.45) is 0 Å². The minimum absolute atomic E-state index is 0.0216. The zero-order valence-corrected chi connectivity index (χ0v) is 20.8. The van der Waals surface area contributed by atoms with Crippen molar-refractivity contribution in [3.05, 3.63) is 60.2 Å². The maximum atomic E-state index is 12.7. The van der Waals surface area contributed by atoms with Crippen LogP contribution >= 0.6 is 0 Å². The van der Waals surface area contributed by atoms with E-state index in [1.807, 2.05) is 80.3 Å². The maximum Gasteiger partial charge on any atom is 0.318 e. The molecular weight excluding hydrogens is 444 g/mol. The summed E-state index contributed by atoms with van der Waals surface area (Å²) >= 11 is 0. The van der Waals surface area contributed by atoms with Crippen molar-refractivity contribution < 1.29 is 14.4 Å². The lowest BCUT2D eigenvalue weighted by Crippen LogP contribution is -2.52. The van der Waals surface area contributed by atoms with Gasteiger partial charge in [-0.25, -0.2) is 9.59 Å². The van der Waals surface area contributed by atoms with Gasteiger partial charge < -0.3 is 30.7 Å². The molecule has 2 aromatic rings. The third kappa shape index (κ3) is 7.91. The third-order valence-electron chi connectivity index (χ3n) is 5.66. The summed E-state index contributed by atoms with van der Waals surface area (Å²) in [6.07, 6.45) is 0. The van der Waals surface area contributed by atoms with Crippen molar-refractivity contribution in [3.63, 3.8) is 0 Å². The smallest absolute Gasteiger partial charge is 0.318 e. The van der Waals surface area contributed by atoms with Gasteiger partial charge in [-0.1, -0.05) is 30.3 Å². The number of anilines is 2. The minimum Gasteiger partial charge on any atom is -0.368 e. The molecule has 0 aliphatic carbocycles. The number of nitrogens with one attached hydrogen (secondary N) is 3. The lowest BCUT2D eigenvalue weighted by atomic mass is 10.2. The molecule has 5 amide bonds. The van der Waals surface area contributed by atoms with E-state index < -0.39 is 0 Å². The number of rotatable bonds is 8. The number of nitrogens with zero attached hydrogens (tertiary/aromatic N) is 3. The zero-order chi connectivity index (χ0) is 25.2. The van der Waals surface area contributed by atoms with Gasteiger partial charge in [0.25, 0.3) is 0 Å². The molecule has 3 rings (SSSR count). The number of hydrogen-bond donors (Lipinski definition) is 3. The summed E-state index contributed by atoms with van der Waals surface area (Å²) in [7, 11) is 0. The number of carbonyl (C=O) groups excluding carboxylic acids is 3. The van der Waals surface area contributed by atoms with Crippen LogP contribution in [0.3, 0.4) is 0 Å². The summed E-state index contributed by atoms with van der Waals surface area (Å²) in [5.41, 5.74) is 2.67. The highest BCUT2D eigenvalue weighted by Gasteiger charge is 2.22. The monoisotopic (exact) mass is 480 g/mol. The van der Waals surface area contributed by atoms with Crippen LogP contribution in [-0.2, 0) is 11.3 Å². The second kappa shape index (κ2) is 12.6. The Morgan fingerprint density at radius 1 is 0.943 bits per heavy atom. The third-order valence-corrected chi connectivity index (χ3v) is 5.66. The largest absolute Gasteiger partial charge is 0.368 e. The highest BCUT2D eigenvalue weighted by atomic mass is 16.2. The predicted molar refractivity (Wildman–Crippen MR) is 138 cm³/mol. The van der Waals surface area contributed by atoms with Crippen LogP contribution in [0.4, 0.5) is 21.0 Å². The molecule has 188 valence electrons. The van der Waals surface area contributed by atoms with Gasteiger partial charge in [-0.3, -0.25) is 4.79 Å². The van der Waals surface area contributed by atoms with Crippen molar-refractivity contribution in [3.8, 4) is 0 Å². The van der Waals surface area contributed by atoms with E-state index in [1.165, 1.54) is 4.90 Å². The Labute approximate surface area is 207 Å². The molecule has 0 radical (unpaired) electrons. The standard InChI is InChI=1S/C26H36N6O3/c1-4-27-25(34)32(18-21-8-6-5-7-9-21)19-24(33)29-22-10-12-23(13-11-22)30-14-16-31(17-15-30)26(35)28-20(2)3/h5-13,20H,4,14-19H2,1-3H3,(H,27,34)(H,28,35)(H,29,33). The van der Waals surface area contributed by atoms with Gasteiger partial charge in [-0.2, -0.15) is 0 Å². The topological polar surface area (TPSA) is 97.0 Å². The normalized spacial score (nSPS) is 13.4. The van der Waals surface area contributed by atoms with E-state index in [-0.39, 0.29) is 30.6 Å². The molecule has 0 aromatic heterocycles. The van der Waals surface area contributed by atoms with Crippen LogP contribution in [0, 0.1) is 0 Å². The van der Waals surface area contributed by atoms with E-state index in [0.717, 1.165) is 24.3 Å². The molecule has 9 heteroatoms. The summed E-state index contributed by atoms with van der Waals surface area (Å²) in [5.74, 6) is -0.260. The molecule has 2 aromatic carbocycles. The molecule has 1 heterocycles. The highest BCUT2D eigenvalue weighted by molar-refractivity contribution is 5.94. The van der Waals surface area contributed by atoms with Crippen LogP contribution < -0.4 is 20.9 Å². The Bertz CT molecular complexity index is 972. The fraction of sp³-hybridized carbons (Fsp3) is 0.423. The van der Waals surface area contributed by atoms with Crippen LogP contribution in [0.15, 0.2) is 54.6 Å². The van der Waals surface area contributed by atoms with Crippen LogP contribution in [0.1, 0.15) is 26.3 Å². The molecule has 1 saturated heterocycles. The van der Waals surface area contributed by atoms with E-state index in [4.69, 9.17) is 0 Å². The summed E-state index contributed by atoms with van der Waals surface area (Å²) in [5, 5.41) is 8.59. The summed E-state index contributed by atoms with van der Waals surface area (Å²) in [6, 6.07) is 17.1.